The number of carbonyl (C=O) groups excluding carboxylic acids is 2. The van der Waals surface area contributed by atoms with Crippen molar-refractivity contribution in [2.24, 2.45) is 0 Å². The van der Waals surface area contributed by atoms with Gasteiger partial charge in [-0.2, -0.15) is 0 Å². The van der Waals surface area contributed by atoms with Crippen molar-refractivity contribution < 1.29 is 9.59 Å². The molecule has 6 nitrogen and oxygen atoms in total. The number of pyridine rings is 1. The van der Waals surface area contributed by atoms with Crippen LogP contribution in [0.15, 0.2) is 73.1 Å². The molecule has 7 heteroatoms. The second-order valence-electron chi connectivity index (χ2n) is 6.08. The van der Waals surface area contributed by atoms with Gasteiger partial charge in [-0.25, -0.2) is 0 Å². The molecule has 2 aromatic carbocycles. The quantitative estimate of drug-likeness (QED) is 0.471. The number of aromatic amines is 1. The largest absolute Gasteiger partial charge is 0.349 e. The van der Waals surface area contributed by atoms with Gasteiger partial charge in [0.05, 0.1) is 5.02 Å². The van der Waals surface area contributed by atoms with E-state index >= 15 is 0 Å². The lowest BCUT2D eigenvalue weighted by atomic mass is 10.2. The van der Waals surface area contributed by atoms with Crippen molar-refractivity contribution in [3.63, 3.8) is 0 Å². The number of nitrogens with one attached hydrogen (secondary N) is 3. The standard InChI is InChI=1S/C21H15ClN4O2/c22-18-16-6-1-2-7-17(16)26-19(18)21(28)25-15-5-3-4-14(12-15)24-20(27)13-8-10-23-11-9-13/h1-12,26H,(H,24,27)(H,25,28). The number of fused-ring (bicyclic) bond motifs is 1. The van der Waals surface area contributed by atoms with Crippen LogP contribution in [0.1, 0.15) is 20.8 Å². The molecule has 4 aromatic rings. The van der Waals surface area contributed by atoms with E-state index in [2.05, 4.69) is 20.6 Å². The Bertz CT molecular complexity index is 1170. The molecular formula is C21H15ClN4O2. The van der Waals surface area contributed by atoms with Crippen molar-refractivity contribution in [3.8, 4) is 0 Å². The third-order valence-corrected chi connectivity index (χ3v) is 4.58. The lowest BCUT2D eigenvalue weighted by Gasteiger charge is -2.09. The summed E-state index contributed by atoms with van der Waals surface area (Å²) in [7, 11) is 0. The lowest BCUT2D eigenvalue weighted by molar-refractivity contribution is 0.101. The molecule has 3 N–H and O–H groups in total. The fraction of sp³-hybridized carbons (Fsp3) is 0. The maximum absolute atomic E-state index is 12.6. The molecule has 0 spiro atoms. The van der Waals surface area contributed by atoms with E-state index < -0.39 is 0 Å². The molecule has 0 aliphatic rings. The Hall–Kier alpha value is -3.64. The van der Waals surface area contributed by atoms with Crippen LogP contribution in [0.4, 0.5) is 11.4 Å². The van der Waals surface area contributed by atoms with Crippen LogP contribution in [0.5, 0.6) is 0 Å². The number of hydrogen-bond acceptors (Lipinski definition) is 3. The topological polar surface area (TPSA) is 86.9 Å². The van der Waals surface area contributed by atoms with Gasteiger partial charge in [0.15, 0.2) is 0 Å². The van der Waals surface area contributed by atoms with Crippen LogP contribution >= 0.6 is 11.6 Å². The molecule has 28 heavy (non-hydrogen) atoms. The Morgan fingerprint density at radius 3 is 2.25 bits per heavy atom. The number of carbonyl (C=O) groups is 2. The highest BCUT2D eigenvalue weighted by molar-refractivity contribution is 6.39. The highest BCUT2D eigenvalue weighted by atomic mass is 35.5. The maximum Gasteiger partial charge on any atom is 0.273 e. The van der Waals surface area contributed by atoms with Gasteiger partial charge in [-0.1, -0.05) is 35.9 Å². The Labute approximate surface area is 165 Å². The van der Waals surface area contributed by atoms with E-state index in [-0.39, 0.29) is 17.5 Å². The molecule has 2 heterocycles. The first-order chi connectivity index (χ1) is 13.6. The molecule has 0 saturated heterocycles. The zero-order chi connectivity index (χ0) is 19.5. The van der Waals surface area contributed by atoms with Gasteiger partial charge in [-0.05, 0) is 36.4 Å². The van der Waals surface area contributed by atoms with Crippen LogP contribution in [-0.4, -0.2) is 21.8 Å². The molecule has 0 bridgehead atoms. The average molecular weight is 391 g/mol. The van der Waals surface area contributed by atoms with E-state index in [1.807, 2.05) is 24.3 Å². The molecule has 0 aliphatic heterocycles. The summed E-state index contributed by atoms with van der Waals surface area (Å²) in [6, 6.07) is 17.6. The molecule has 0 unspecified atom stereocenters. The minimum Gasteiger partial charge on any atom is -0.349 e. The number of anilines is 2. The van der Waals surface area contributed by atoms with Gasteiger partial charge in [0.25, 0.3) is 11.8 Å². The van der Waals surface area contributed by atoms with Gasteiger partial charge in [0, 0.05) is 40.2 Å². The van der Waals surface area contributed by atoms with Crippen LogP contribution in [0.2, 0.25) is 5.02 Å². The van der Waals surface area contributed by atoms with Crippen LogP contribution < -0.4 is 10.6 Å². The van der Waals surface area contributed by atoms with Gasteiger partial charge in [-0.3, -0.25) is 14.6 Å². The third-order valence-electron chi connectivity index (χ3n) is 4.19. The summed E-state index contributed by atoms with van der Waals surface area (Å²) in [5.74, 6) is -0.622. The van der Waals surface area contributed by atoms with Gasteiger partial charge >= 0.3 is 0 Å². The third kappa shape index (κ3) is 3.58. The number of hydrogen-bond donors (Lipinski definition) is 3. The molecule has 2 amide bonds. The predicted octanol–water partition coefficient (Wildman–Crippen LogP) is 4.72. The molecule has 0 saturated carbocycles. The molecule has 0 aliphatic carbocycles. The Morgan fingerprint density at radius 1 is 0.857 bits per heavy atom. The number of para-hydroxylation sites is 1. The summed E-state index contributed by atoms with van der Waals surface area (Å²) < 4.78 is 0. The summed E-state index contributed by atoms with van der Waals surface area (Å²) >= 11 is 6.33. The smallest absolute Gasteiger partial charge is 0.273 e. The van der Waals surface area contributed by atoms with Crippen LogP contribution in [0.3, 0.4) is 0 Å². The van der Waals surface area contributed by atoms with Gasteiger partial charge in [0.2, 0.25) is 0 Å². The fourth-order valence-electron chi connectivity index (χ4n) is 2.84. The number of H-pyrrole nitrogens is 1. The molecule has 0 atom stereocenters. The minimum atomic E-state index is -0.362. The normalized spacial score (nSPS) is 10.6. The zero-order valence-corrected chi connectivity index (χ0v) is 15.3. The van der Waals surface area contributed by atoms with Crippen molar-refractivity contribution >= 4 is 45.7 Å². The Kier molecular flexibility index (Phi) is 4.78. The maximum atomic E-state index is 12.6. The van der Waals surface area contributed by atoms with Crippen LogP contribution in [-0.2, 0) is 0 Å². The number of amides is 2. The average Bonchev–Trinajstić information content (AvgIpc) is 3.06. The second-order valence-corrected chi connectivity index (χ2v) is 6.46. The summed E-state index contributed by atoms with van der Waals surface area (Å²) in [6.07, 6.45) is 3.10. The van der Waals surface area contributed by atoms with E-state index in [0.29, 0.717) is 22.0 Å². The molecule has 0 radical (unpaired) electrons. The Morgan fingerprint density at radius 2 is 1.54 bits per heavy atom. The van der Waals surface area contributed by atoms with E-state index in [1.54, 1.807) is 48.8 Å². The minimum absolute atomic E-state index is 0.260. The van der Waals surface area contributed by atoms with Crippen molar-refractivity contribution in [3.05, 3.63) is 89.3 Å². The first kappa shape index (κ1) is 17.8. The first-order valence-corrected chi connectivity index (χ1v) is 8.88. The fourth-order valence-corrected chi connectivity index (χ4v) is 3.14. The van der Waals surface area contributed by atoms with Crippen molar-refractivity contribution in [2.75, 3.05) is 10.6 Å². The van der Waals surface area contributed by atoms with E-state index in [9.17, 15) is 9.59 Å². The number of benzene rings is 2. The van der Waals surface area contributed by atoms with Crippen LogP contribution in [0.25, 0.3) is 10.9 Å². The number of rotatable bonds is 4. The predicted molar refractivity (Wildman–Crippen MR) is 110 cm³/mol. The summed E-state index contributed by atoms with van der Waals surface area (Å²) in [5.41, 5.74) is 2.66. The van der Waals surface area contributed by atoms with Crippen molar-refractivity contribution in [1.82, 2.24) is 9.97 Å². The zero-order valence-electron chi connectivity index (χ0n) is 14.6. The SMILES string of the molecule is O=C(Nc1cccc(NC(=O)c2[nH]c3ccccc3c2Cl)c1)c1ccncc1. The van der Waals surface area contributed by atoms with Crippen molar-refractivity contribution in [1.29, 1.82) is 0 Å². The molecule has 0 fully saturated rings. The number of halogens is 1. The molecule has 2 aromatic heterocycles. The summed E-state index contributed by atoms with van der Waals surface area (Å²) in [4.78, 5) is 31.8. The monoisotopic (exact) mass is 390 g/mol. The van der Waals surface area contributed by atoms with E-state index in [4.69, 9.17) is 11.6 Å². The number of nitrogens with zero attached hydrogens (tertiary/aromatic N) is 1. The van der Waals surface area contributed by atoms with Gasteiger partial charge < -0.3 is 15.6 Å². The highest BCUT2D eigenvalue weighted by Crippen LogP contribution is 2.28. The first-order valence-electron chi connectivity index (χ1n) is 8.51. The van der Waals surface area contributed by atoms with E-state index in [0.717, 1.165) is 10.9 Å². The molecular weight excluding hydrogens is 376 g/mol. The summed E-state index contributed by atoms with van der Waals surface area (Å²) in [6.45, 7) is 0. The summed E-state index contributed by atoms with van der Waals surface area (Å²) in [5, 5.41) is 6.75. The highest BCUT2D eigenvalue weighted by Gasteiger charge is 2.16. The van der Waals surface area contributed by atoms with Crippen LogP contribution in [0, 0.1) is 0 Å². The second kappa shape index (κ2) is 7.54. The lowest BCUT2D eigenvalue weighted by Crippen LogP contribution is -2.14. The number of aromatic nitrogens is 2. The Balaban J connectivity index is 1.52. The van der Waals surface area contributed by atoms with Crippen molar-refractivity contribution in [2.45, 2.75) is 0 Å². The van der Waals surface area contributed by atoms with Gasteiger partial charge in [0.1, 0.15) is 5.69 Å². The molecule has 4 rings (SSSR count). The van der Waals surface area contributed by atoms with E-state index in [1.165, 1.54) is 0 Å². The van der Waals surface area contributed by atoms with Gasteiger partial charge in [-0.15, -0.1) is 0 Å². The molecule has 138 valence electrons.